The third-order valence-corrected chi connectivity index (χ3v) is 3.19. The SMILES string of the molecule is CC1CCN(c2cncc(B(O)O)c2)CC1. The van der Waals surface area contributed by atoms with Gasteiger partial charge >= 0.3 is 7.12 Å². The molecule has 2 N–H and O–H groups in total. The van der Waals surface area contributed by atoms with Crippen molar-refractivity contribution in [1.82, 2.24) is 4.98 Å². The van der Waals surface area contributed by atoms with Crippen molar-refractivity contribution < 1.29 is 10.0 Å². The Morgan fingerprint density at radius 1 is 1.31 bits per heavy atom. The highest BCUT2D eigenvalue weighted by Gasteiger charge is 2.18. The largest absolute Gasteiger partial charge is 0.490 e. The highest BCUT2D eigenvalue weighted by atomic mass is 16.4. The van der Waals surface area contributed by atoms with Crippen molar-refractivity contribution in [1.29, 1.82) is 0 Å². The predicted molar refractivity (Wildman–Crippen MR) is 64.7 cm³/mol. The van der Waals surface area contributed by atoms with Crippen LogP contribution in [0.2, 0.25) is 0 Å². The van der Waals surface area contributed by atoms with Crippen LogP contribution in [-0.2, 0) is 0 Å². The number of nitrogens with zero attached hydrogens (tertiary/aromatic N) is 2. The van der Waals surface area contributed by atoms with Crippen LogP contribution in [0.3, 0.4) is 0 Å². The van der Waals surface area contributed by atoms with Gasteiger partial charge in [-0.25, -0.2) is 0 Å². The van der Waals surface area contributed by atoms with E-state index in [0.29, 0.717) is 5.46 Å². The monoisotopic (exact) mass is 220 g/mol. The van der Waals surface area contributed by atoms with E-state index in [1.54, 1.807) is 12.3 Å². The topological polar surface area (TPSA) is 56.6 Å². The summed E-state index contributed by atoms with van der Waals surface area (Å²) in [5.74, 6) is 0.788. The summed E-state index contributed by atoms with van der Waals surface area (Å²) in [5, 5.41) is 18.2. The molecular formula is C11H17BN2O2. The van der Waals surface area contributed by atoms with E-state index in [1.807, 2.05) is 0 Å². The van der Waals surface area contributed by atoms with E-state index in [2.05, 4.69) is 16.8 Å². The zero-order valence-electron chi connectivity index (χ0n) is 9.50. The molecule has 0 bridgehead atoms. The van der Waals surface area contributed by atoms with Crippen LogP contribution in [-0.4, -0.2) is 35.2 Å². The number of aromatic nitrogens is 1. The summed E-state index contributed by atoms with van der Waals surface area (Å²) in [6, 6.07) is 1.80. The number of anilines is 1. The standard InChI is InChI=1S/C11H17BN2O2/c1-9-2-4-14(5-3-9)11-6-10(12(15)16)7-13-8-11/h6-9,15-16H,2-5H2,1H3. The first-order valence-electron chi connectivity index (χ1n) is 5.73. The summed E-state index contributed by atoms with van der Waals surface area (Å²) in [5.41, 5.74) is 1.44. The molecule has 16 heavy (non-hydrogen) atoms. The quantitative estimate of drug-likeness (QED) is 0.688. The second kappa shape index (κ2) is 4.85. The first-order valence-corrected chi connectivity index (χ1v) is 5.73. The van der Waals surface area contributed by atoms with Crippen LogP contribution in [0.4, 0.5) is 5.69 Å². The summed E-state index contributed by atoms with van der Waals surface area (Å²) in [4.78, 5) is 6.29. The normalized spacial score (nSPS) is 17.6. The van der Waals surface area contributed by atoms with Crippen LogP contribution >= 0.6 is 0 Å². The molecule has 4 nitrogen and oxygen atoms in total. The fraction of sp³-hybridized carbons (Fsp3) is 0.545. The van der Waals surface area contributed by atoms with Crippen molar-refractivity contribution >= 4 is 18.3 Å². The van der Waals surface area contributed by atoms with Gasteiger partial charge < -0.3 is 14.9 Å². The molecule has 0 unspecified atom stereocenters. The maximum atomic E-state index is 9.09. The van der Waals surface area contributed by atoms with E-state index < -0.39 is 7.12 Å². The first kappa shape index (κ1) is 11.4. The number of hydrogen-bond donors (Lipinski definition) is 2. The van der Waals surface area contributed by atoms with Crippen LogP contribution in [0.1, 0.15) is 19.8 Å². The Labute approximate surface area is 96.1 Å². The van der Waals surface area contributed by atoms with Gasteiger partial charge in [-0.1, -0.05) is 6.92 Å². The van der Waals surface area contributed by atoms with Crippen LogP contribution in [0.15, 0.2) is 18.5 Å². The average molecular weight is 220 g/mol. The van der Waals surface area contributed by atoms with Gasteiger partial charge in [0.15, 0.2) is 0 Å². The third kappa shape index (κ3) is 2.54. The highest BCUT2D eigenvalue weighted by molar-refractivity contribution is 6.58. The van der Waals surface area contributed by atoms with E-state index >= 15 is 0 Å². The number of rotatable bonds is 2. The van der Waals surface area contributed by atoms with E-state index in [1.165, 1.54) is 19.0 Å². The molecule has 0 aliphatic carbocycles. The minimum absolute atomic E-state index is 0.455. The molecule has 86 valence electrons. The maximum Gasteiger partial charge on any atom is 0.490 e. The average Bonchev–Trinajstić information content (AvgIpc) is 2.30. The van der Waals surface area contributed by atoms with Crippen molar-refractivity contribution in [3.05, 3.63) is 18.5 Å². The molecule has 5 heteroatoms. The Morgan fingerprint density at radius 2 is 2.00 bits per heavy atom. The molecule has 0 spiro atoms. The molecule has 1 aromatic heterocycles. The molecule has 1 saturated heterocycles. The maximum absolute atomic E-state index is 9.09. The Balaban J connectivity index is 2.11. The minimum Gasteiger partial charge on any atom is -0.423 e. The van der Waals surface area contributed by atoms with Crippen molar-refractivity contribution in [2.75, 3.05) is 18.0 Å². The zero-order valence-corrected chi connectivity index (χ0v) is 9.50. The fourth-order valence-corrected chi connectivity index (χ4v) is 2.03. The van der Waals surface area contributed by atoms with Gasteiger partial charge in [0.2, 0.25) is 0 Å². The number of piperidine rings is 1. The summed E-state index contributed by atoms with van der Waals surface area (Å²) in [6.07, 6.45) is 5.64. The Hall–Kier alpha value is -1.07. The molecule has 1 aromatic rings. The molecule has 0 saturated carbocycles. The van der Waals surface area contributed by atoms with Crippen molar-refractivity contribution in [2.45, 2.75) is 19.8 Å². The molecular weight excluding hydrogens is 203 g/mol. The minimum atomic E-state index is -1.43. The molecule has 1 aliphatic heterocycles. The van der Waals surface area contributed by atoms with Gasteiger partial charge in [-0.3, -0.25) is 4.98 Å². The van der Waals surface area contributed by atoms with E-state index in [4.69, 9.17) is 10.0 Å². The van der Waals surface area contributed by atoms with Gasteiger partial charge in [-0.2, -0.15) is 0 Å². The van der Waals surface area contributed by atoms with E-state index in [0.717, 1.165) is 24.7 Å². The van der Waals surface area contributed by atoms with Crippen molar-refractivity contribution in [3.63, 3.8) is 0 Å². The summed E-state index contributed by atoms with van der Waals surface area (Å²) >= 11 is 0. The molecule has 0 aromatic carbocycles. The Bertz CT molecular complexity index is 352. The Kier molecular flexibility index (Phi) is 3.46. The summed E-state index contributed by atoms with van der Waals surface area (Å²) in [7, 11) is -1.43. The van der Waals surface area contributed by atoms with Crippen molar-refractivity contribution in [3.8, 4) is 0 Å². The predicted octanol–water partition coefficient (Wildman–Crippen LogP) is -0.00230. The third-order valence-electron chi connectivity index (χ3n) is 3.19. The molecule has 1 aliphatic rings. The molecule has 0 amide bonds. The lowest BCUT2D eigenvalue weighted by atomic mass is 9.81. The lowest BCUT2D eigenvalue weighted by molar-refractivity contribution is 0.425. The summed E-state index contributed by atoms with van der Waals surface area (Å²) in [6.45, 7) is 4.31. The van der Waals surface area contributed by atoms with Gasteiger partial charge in [0.25, 0.3) is 0 Å². The molecule has 1 fully saturated rings. The molecule has 2 rings (SSSR count). The molecule has 0 atom stereocenters. The lowest BCUT2D eigenvalue weighted by Gasteiger charge is -2.32. The zero-order chi connectivity index (χ0) is 11.5. The number of hydrogen-bond acceptors (Lipinski definition) is 4. The van der Waals surface area contributed by atoms with Crippen LogP contribution in [0.5, 0.6) is 0 Å². The van der Waals surface area contributed by atoms with Crippen LogP contribution < -0.4 is 10.4 Å². The van der Waals surface area contributed by atoms with E-state index in [9.17, 15) is 0 Å². The lowest BCUT2D eigenvalue weighted by Crippen LogP contribution is -2.35. The number of pyridine rings is 1. The van der Waals surface area contributed by atoms with Gasteiger partial charge in [-0.05, 0) is 24.8 Å². The second-order valence-corrected chi connectivity index (χ2v) is 4.52. The molecule has 0 radical (unpaired) electrons. The second-order valence-electron chi connectivity index (χ2n) is 4.52. The first-order chi connectivity index (χ1) is 7.66. The van der Waals surface area contributed by atoms with Crippen LogP contribution in [0, 0.1) is 5.92 Å². The van der Waals surface area contributed by atoms with Crippen molar-refractivity contribution in [2.24, 2.45) is 5.92 Å². The van der Waals surface area contributed by atoms with Gasteiger partial charge in [0.1, 0.15) is 0 Å². The van der Waals surface area contributed by atoms with Gasteiger partial charge in [0.05, 0.1) is 11.9 Å². The Morgan fingerprint density at radius 3 is 2.62 bits per heavy atom. The highest BCUT2D eigenvalue weighted by Crippen LogP contribution is 2.21. The smallest absolute Gasteiger partial charge is 0.423 e. The van der Waals surface area contributed by atoms with Gasteiger partial charge in [-0.15, -0.1) is 0 Å². The molecule has 2 heterocycles. The van der Waals surface area contributed by atoms with Gasteiger partial charge in [0, 0.05) is 24.7 Å². The summed E-state index contributed by atoms with van der Waals surface area (Å²) < 4.78 is 0. The van der Waals surface area contributed by atoms with Crippen LogP contribution in [0.25, 0.3) is 0 Å². The van der Waals surface area contributed by atoms with E-state index in [-0.39, 0.29) is 0 Å². The fourth-order valence-electron chi connectivity index (χ4n) is 2.03.